The summed E-state index contributed by atoms with van der Waals surface area (Å²) in [5.41, 5.74) is 0.714. The van der Waals surface area contributed by atoms with Crippen LogP contribution in [-0.4, -0.2) is 43.8 Å². The molecular weight excluding hydrogens is 652 g/mol. The molecule has 1 atom stereocenters. The van der Waals surface area contributed by atoms with Gasteiger partial charge in [-0.05, 0) is 67.3 Å². The lowest BCUT2D eigenvalue weighted by Gasteiger charge is -2.34. The van der Waals surface area contributed by atoms with Gasteiger partial charge in [-0.25, -0.2) is 8.42 Å². The van der Waals surface area contributed by atoms with Crippen molar-refractivity contribution in [3.05, 3.63) is 92.4 Å². The van der Waals surface area contributed by atoms with Gasteiger partial charge in [0, 0.05) is 22.6 Å². The van der Waals surface area contributed by atoms with Crippen LogP contribution in [0, 0.1) is 0 Å². The second-order valence-corrected chi connectivity index (χ2v) is 14.0. The van der Waals surface area contributed by atoms with Crippen LogP contribution in [0.4, 0.5) is 5.69 Å². The van der Waals surface area contributed by atoms with Crippen molar-refractivity contribution in [3.8, 4) is 0 Å². The standard InChI is InChI=1S/C31H33Cl4N3O4S/c1-2-29(31(40)36-23-9-5-3-6-10-23)37(19-21-13-14-22(32)17-27(21)34)30(39)20-38(24-15-16-26(33)28(35)18-24)43(41,42)25-11-7-4-8-12-25/h4,7-8,11-18,23,29H,2-3,5-6,9-10,19-20H2,1H3,(H,36,40)/t29-/m1/s1. The monoisotopic (exact) mass is 683 g/mol. The molecule has 3 aromatic carbocycles. The van der Waals surface area contributed by atoms with Gasteiger partial charge in [-0.15, -0.1) is 0 Å². The topological polar surface area (TPSA) is 86.8 Å². The Balaban J connectivity index is 1.73. The summed E-state index contributed by atoms with van der Waals surface area (Å²) in [6.45, 7) is 1.17. The van der Waals surface area contributed by atoms with E-state index in [1.165, 1.54) is 35.2 Å². The van der Waals surface area contributed by atoms with Gasteiger partial charge in [0.25, 0.3) is 10.0 Å². The van der Waals surface area contributed by atoms with Gasteiger partial charge in [0.2, 0.25) is 11.8 Å². The minimum atomic E-state index is -4.23. The SMILES string of the molecule is CC[C@H](C(=O)NC1CCCCC1)N(Cc1ccc(Cl)cc1Cl)C(=O)CN(c1ccc(Cl)c(Cl)c1)S(=O)(=O)c1ccccc1. The molecule has 7 nitrogen and oxygen atoms in total. The molecule has 1 fully saturated rings. The maximum atomic E-state index is 14.2. The molecule has 1 saturated carbocycles. The number of rotatable bonds is 11. The summed E-state index contributed by atoms with van der Waals surface area (Å²) >= 11 is 25.0. The lowest BCUT2D eigenvalue weighted by atomic mass is 9.95. The molecule has 0 saturated heterocycles. The van der Waals surface area contributed by atoms with E-state index in [1.54, 1.807) is 36.4 Å². The molecule has 1 N–H and O–H groups in total. The van der Waals surface area contributed by atoms with E-state index in [0.717, 1.165) is 36.4 Å². The molecule has 3 aromatic rings. The van der Waals surface area contributed by atoms with Crippen molar-refractivity contribution in [1.29, 1.82) is 0 Å². The number of hydrogen-bond acceptors (Lipinski definition) is 4. The normalized spacial score (nSPS) is 14.6. The van der Waals surface area contributed by atoms with Crippen molar-refractivity contribution in [1.82, 2.24) is 10.2 Å². The van der Waals surface area contributed by atoms with Crippen LogP contribution in [0.2, 0.25) is 20.1 Å². The summed E-state index contributed by atoms with van der Waals surface area (Å²) in [6, 6.07) is 16.2. The maximum absolute atomic E-state index is 14.2. The highest BCUT2D eigenvalue weighted by Gasteiger charge is 2.35. The highest BCUT2D eigenvalue weighted by atomic mass is 35.5. The summed E-state index contributed by atoms with van der Waals surface area (Å²) < 4.78 is 28.9. The van der Waals surface area contributed by atoms with Crippen LogP contribution in [0.5, 0.6) is 0 Å². The Morgan fingerprint density at radius 3 is 2.21 bits per heavy atom. The average Bonchev–Trinajstić information content (AvgIpc) is 2.99. The predicted octanol–water partition coefficient (Wildman–Crippen LogP) is 7.75. The summed E-state index contributed by atoms with van der Waals surface area (Å²) in [6.07, 6.45) is 5.23. The third-order valence-corrected chi connectivity index (χ3v) is 10.6. The second-order valence-electron chi connectivity index (χ2n) is 10.4. The Hall–Kier alpha value is -2.49. The molecular formula is C31H33Cl4N3O4S. The van der Waals surface area contributed by atoms with Crippen molar-refractivity contribution in [3.63, 3.8) is 0 Å². The van der Waals surface area contributed by atoms with Crippen LogP contribution in [-0.2, 0) is 26.2 Å². The van der Waals surface area contributed by atoms with Crippen molar-refractivity contribution >= 4 is 73.9 Å². The fraction of sp³-hybridized carbons (Fsp3) is 0.355. The van der Waals surface area contributed by atoms with E-state index in [1.807, 2.05) is 6.92 Å². The molecule has 0 bridgehead atoms. The third-order valence-electron chi connectivity index (χ3n) is 7.49. The van der Waals surface area contributed by atoms with E-state index >= 15 is 0 Å². The van der Waals surface area contributed by atoms with E-state index in [-0.39, 0.29) is 39.1 Å². The molecule has 1 aliphatic rings. The van der Waals surface area contributed by atoms with Crippen LogP contribution in [0.1, 0.15) is 51.0 Å². The van der Waals surface area contributed by atoms with Gasteiger partial charge in [-0.1, -0.05) is 96.9 Å². The van der Waals surface area contributed by atoms with Gasteiger partial charge in [-0.2, -0.15) is 0 Å². The Bertz CT molecular complexity index is 1550. The minimum Gasteiger partial charge on any atom is -0.352 e. The highest BCUT2D eigenvalue weighted by molar-refractivity contribution is 7.92. The number of halogens is 4. The van der Waals surface area contributed by atoms with Gasteiger partial charge < -0.3 is 10.2 Å². The van der Waals surface area contributed by atoms with Crippen LogP contribution in [0.25, 0.3) is 0 Å². The van der Waals surface area contributed by atoms with Gasteiger partial charge in [0.1, 0.15) is 12.6 Å². The van der Waals surface area contributed by atoms with E-state index in [0.29, 0.717) is 22.0 Å². The molecule has 1 aliphatic carbocycles. The van der Waals surface area contributed by atoms with Gasteiger partial charge >= 0.3 is 0 Å². The molecule has 0 unspecified atom stereocenters. The smallest absolute Gasteiger partial charge is 0.264 e. The molecule has 0 radical (unpaired) electrons. The second kappa shape index (κ2) is 15.0. The first-order chi connectivity index (χ1) is 20.5. The first-order valence-corrected chi connectivity index (χ1v) is 17.0. The summed E-state index contributed by atoms with van der Waals surface area (Å²) in [7, 11) is -4.23. The summed E-state index contributed by atoms with van der Waals surface area (Å²) in [5.74, 6) is -0.887. The van der Waals surface area contributed by atoms with Crippen LogP contribution < -0.4 is 9.62 Å². The van der Waals surface area contributed by atoms with Crippen LogP contribution >= 0.6 is 46.4 Å². The molecule has 2 amide bonds. The number of amides is 2. The number of nitrogens with one attached hydrogen (secondary N) is 1. The number of carbonyl (C=O) groups is 2. The van der Waals surface area contributed by atoms with E-state index in [4.69, 9.17) is 46.4 Å². The fourth-order valence-corrected chi connectivity index (χ4v) is 7.37. The van der Waals surface area contributed by atoms with Gasteiger partial charge in [-0.3, -0.25) is 13.9 Å². The lowest BCUT2D eigenvalue weighted by Crippen LogP contribution is -2.54. The molecule has 4 rings (SSSR count). The zero-order valence-corrected chi connectivity index (χ0v) is 27.5. The number of carbonyl (C=O) groups excluding carboxylic acids is 2. The van der Waals surface area contributed by atoms with Gasteiger partial charge in [0.15, 0.2) is 0 Å². The Morgan fingerprint density at radius 2 is 1.58 bits per heavy atom. The Labute approximate surface area is 273 Å². The minimum absolute atomic E-state index is 0.0109. The fourth-order valence-electron chi connectivity index (χ4n) is 5.19. The molecule has 0 aliphatic heterocycles. The first kappa shape index (κ1) is 33.4. The number of benzene rings is 3. The molecule has 43 heavy (non-hydrogen) atoms. The van der Waals surface area contributed by atoms with Crippen molar-refractivity contribution < 1.29 is 18.0 Å². The number of nitrogens with zero attached hydrogens (tertiary/aromatic N) is 2. The lowest BCUT2D eigenvalue weighted by molar-refractivity contribution is -0.140. The number of hydrogen-bond donors (Lipinski definition) is 1. The average molecular weight is 686 g/mol. The molecule has 230 valence electrons. The predicted molar refractivity (Wildman–Crippen MR) is 174 cm³/mol. The molecule has 12 heteroatoms. The summed E-state index contributed by atoms with van der Waals surface area (Å²) in [4.78, 5) is 29.3. The van der Waals surface area contributed by atoms with E-state index in [9.17, 15) is 18.0 Å². The van der Waals surface area contributed by atoms with E-state index < -0.39 is 28.5 Å². The number of anilines is 1. The summed E-state index contributed by atoms with van der Waals surface area (Å²) in [5, 5.41) is 4.23. The van der Waals surface area contributed by atoms with Crippen LogP contribution in [0.3, 0.4) is 0 Å². The Morgan fingerprint density at radius 1 is 0.884 bits per heavy atom. The zero-order valence-electron chi connectivity index (χ0n) is 23.6. The largest absolute Gasteiger partial charge is 0.352 e. The molecule has 0 spiro atoms. The highest BCUT2D eigenvalue weighted by Crippen LogP contribution is 2.31. The van der Waals surface area contributed by atoms with Gasteiger partial charge in [0.05, 0.1) is 20.6 Å². The third kappa shape index (κ3) is 8.37. The maximum Gasteiger partial charge on any atom is 0.264 e. The number of sulfonamides is 1. The van der Waals surface area contributed by atoms with Crippen molar-refractivity contribution in [2.24, 2.45) is 0 Å². The zero-order chi connectivity index (χ0) is 31.1. The quantitative estimate of drug-likeness (QED) is 0.224. The first-order valence-electron chi connectivity index (χ1n) is 14.1. The molecule has 0 aromatic heterocycles. The van der Waals surface area contributed by atoms with Crippen molar-refractivity contribution in [2.75, 3.05) is 10.8 Å². The van der Waals surface area contributed by atoms with Crippen LogP contribution in [0.15, 0.2) is 71.6 Å². The molecule has 0 heterocycles. The Kier molecular flexibility index (Phi) is 11.6. The van der Waals surface area contributed by atoms with Crippen molar-refractivity contribution in [2.45, 2.75) is 69.0 Å². The van der Waals surface area contributed by atoms with E-state index in [2.05, 4.69) is 5.32 Å².